The highest BCUT2D eigenvalue weighted by Gasteiger charge is 2.14. The highest BCUT2D eigenvalue weighted by molar-refractivity contribution is 5.96. The van der Waals surface area contributed by atoms with E-state index in [1.807, 2.05) is 26.0 Å². The molecule has 2 rings (SSSR count). The smallest absolute Gasteiger partial charge is 0.255 e. The van der Waals surface area contributed by atoms with Gasteiger partial charge in [0, 0.05) is 13.1 Å². The Morgan fingerprint density at radius 2 is 1.96 bits per heavy atom. The van der Waals surface area contributed by atoms with Gasteiger partial charge < -0.3 is 19.9 Å². The number of nitrogens with zero attached hydrogens (tertiary/aromatic N) is 1. The zero-order chi connectivity index (χ0) is 17.4. The number of aryl methyl sites for hydroxylation is 2. The molecule has 0 saturated heterocycles. The predicted molar refractivity (Wildman–Crippen MR) is 99.5 cm³/mol. The monoisotopic (exact) mass is 367 g/mol. The van der Waals surface area contributed by atoms with Gasteiger partial charge in [0.25, 0.3) is 5.91 Å². The van der Waals surface area contributed by atoms with Crippen LogP contribution in [-0.4, -0.2) is 30.7 Å². The molecule has 0 fully saturated rings. The third-order valence-electron chi connectivity index (χ3n) is 3.70. The van der Waals surface area contributed by atoms with Gasteiger partial charge in [0.2, 0.25) is 0 Å². The van der Waals surface area contributed by atoms with Crippen molar-refractivity contribution in [2.24, 2.45) is 0 Å². The lowest BCUT2D eigenvalue weighted by atomic mass is 10.2. The standard InChI is InChI=1S/C18H25N3O3.ClH/c1-4-9-19-10-11-20-18(22)15-7-5-6-8-17(15)23-12-16-13(2)21-24-14(16)3;/h5-8,19H,4,9-12H2,1-3H3,(H,20,22);1H. The highest BCUT2D eigenvalue weighted by Crippen LogP contribution is 2.21. The summed E-state index contributed by atoms with van der Waals surface area (Å²) in [6, 6.07) is 7.23. The summed E-state index contributed by atoms with van der Waals surface area (Å²) in [5.74, 6) is 1.15. The summed E-state index contributed by atoms with van der Waals surface area (Å²) < 4.78 is 11.0. The average molecular weight is 368 g/mol. The molecule has 25 heavy (non-hydrogen) atoms. The number of hydrogen-bond donors (Lipinski definition) is 2. The van der Waals surface area contributed by atoms with Gasteiger partial charge in [-0.2, -0.15) is 0 Å². The molecule has 0 atom stereocenters. The van der Waals surface area contributed by atoms with E-state index in [9.17, 15) is 4.79 Å². The average Bonchev–Trinajstić information content (AvgIpc) is 2.91. The number of para-hydroxylation sites is 1. The number of hydrogen-bond acceptors (Lipinski definition) is 5. The fraction of sp³-hybridized carbons (Fsp3) is 0.444. The van der Waals surface area contributed by atoms with Gasteiger partial charge in [-0.05, 0) is 38.9 Å². The second-order valence-corrected chi connectivity index (χ2v) is 5.59. The minimum atomic E-state index is -0.136. The van der Waals surface area contributed by atoms with Crippen molar-refractivity contribution < 1.29 is 14.1 Å². The lowest BCUT2D eigenvalue weighted by Gasteiger charge is -2.12. The summed E-state index contributed by atoms with van der Waals surface area (Å²) in [5.41, 5.74) is 2.24. The predicted octanol–water partition coefficient (Wildman–Crippen LogP) is 3.02. The van der Waals surface area contributed by atoms with E-state index in [2.05, 4.69) is 22.7 Å². The van der Waals surface area contributed by atoms with E-state index in [-0.39, 0.29) is 18.3 Å². The van der Waals surface area contributed by atoms with Gasteiger partial charge in [-0.3, -0.25) is 4.79 Å². The van der Waals surface area contributed by atoms with Crippen molar-refractivity contribution in [1.29, 1.82) is 0 Å². The number of nitrogens with one attached hydrogen (secondary N) is 2. The van der Waals surface area contributed by atoms with Crippen LogP contribution in [0.25, 0.3) is 0 Å². The third kappa shape index (κ3) is 6.07. The van der Waals surface area contributed by atoms with Crippen LogP contribution < -0.4 is 15.4 Å². The largest absolute Gasteiger partial charge is 0.488 e. The minimum Gasteiger partial charge on any atom is -0.488 e. The molecule has 1 aromatic heterocycles. The Kier molecular flexibility index (Phi) is 9.02. The molecule has 0 spiro atoms. The van der Waals surface area contributed by atoms with E-state index in [0.29, 0.717) is 24.5 Å². The summed E-state index contributed by atoms with van der Waals surface area (Å²) in [6.07, 6.45) is 1.08. The molecule has 2 N–H and O–H groups in total. The van der Waals surface area contributed by atoms with Crippen molar-refractivity contribution in [3.8, 4) is 5.75 Å². The fourth-order valence-corrected chi connectivity index (χ4v) is 2.30. The molecule has 0 aliphatic carbocycles. The molecular weight excluding hydrogens is 342 g/mol. The van der Waals surface area contributed by atoms with Crippen LogP contribution in [0.4, 0.5) is 0 Å². The maximum atomic E-state index is 12.3. The van der Waals surface area contributed by atoms with Crippen LogP contribution in [0.5, 0.6) is 5.75 Å². The maximum absolute atomic E-state index is 12.3. The fourth-order valence-electron chi connectivity index (χ4n) is 2.30. The lowest BCUT2D eigenvalue weighted by Crippen LogP contribution is -2.32. The van der Waals surface area contributed by atoms with Crippen molar-refractivity contribution in [3.05, 3.63) is 46.8 Å². The Morgan fingerprint density at radius 3 is 2.64 bits per heavy atom. The Bertz CT molecular complexity index is 654. The van der Waals surface area contributed by atoms with Crippen LogP contribution in [0.15, 0.2) is 28.8 Å². The molecule has 1 amide bonds. The molecule has 0 unspecified atom stereocenters. The first-order valence-electron chi connectivity index (χ1n) is 8.26. The van der Waals surface area contributed by atoms with Crippen LogP contribution >= 0.6 is 12.4 Å². The third-order valence-corrected chi connectivity index (χ3v) is 3.70. The van der Waals surface area contributed by atoms with Gasteiger partial charge >= 0.3 is 0 Å². The number of rotatable bonds is 9. The van der Waals surface area contributed by atoms with Crippen molar-refractivity contribution in [1.82, 2.24) is 15.8 Å². The molecule has 0 aliphatic rings. The van der Waals surface area contributed by atoms with Gasteiger partial charge in [0.05, 0.1) is 16.8 Å². The second kappa shape index (κ2) is 10.7. The van der Waals surface area contributed by atoms with E-state index in [4.69, 9.17) is 9.26 Å². The van der Waals surface area contributed by atoms with Gasteiger partial charge in [0.15, 0.2) is 0 Å². The minimum absolute atomic E-state index is 0. The van der Waals surface area contributed by atoms with Gasteiger partial charge in [-0.15, -0.1) is 12.4 Å². The summed E-state index contributed by atoms with van der Waals surface area (Å²) in [6.45, 7) is 8.44. The molecule has 0 bridgehead atoms. The number of halogens is 1. The number of benzene rings is 1. The summed E-state index contributed by atoms with van der Waals surface area (Å²) in [7, 11) is 0. The topological polar surface area (TPSA) is 76.4 Å². The first-order chi connectivity index (χ1) is 11.6. The first-order valence-corrected chi connectivity index (χ1v) is 8.26. The number of carbonyl (C=O) groups excluding carboxylic acids is 1. The van der Waals surface area contributed by atoms with Crippen molar-refractivity contribution in [2.75, 3.05) is 19.6 Å². The van der Waals surface area contributed by atoms with E-state index < -0.39 is 0 Å². The van der Waals surface area contributed by atoms with Gasteiger partial charge in [0.1, 0.15) is 18.1 Å². The zero-order valence-corrected chi connectivity index (χ0v) is 15.7. The normalized spacial score (nSPS) is 10.2. The summed E-state index contributed by atoms with van der Waals surface area (Å²) in [5, 5.41) is 10.1. The van der Waals surface area contributed by atoms with Crippen LogP contribution in [0, 0.1) is 13.8 Å². The molecule has 1 aromatic carbocycles. The SMILES string of the molecule is CCCNCCNC(=O)c1ccccc1OCc1c(C)noc1C.Cl. The Hall–Kier alpha value is -2.05. The van der Waals surface area contributed by atoms with Crippen molar-refractivity contribution >= 4 is 18.3 Å². The molecule has 0 saturated carbocycles. The van der Waals surface area contributed by atoms with Gasteiger partial charge in [-0.1, -0.05) is 24.2 Å². The molecule has 0 aliphatic heterocycles. The Morgan fingerprint density at radius 1 is 1.20 bits per heavy atom. The number of carbonyl (C=O) groups is 1. The number of aromatic nitrogens is 1. The Labute approximate surface area is 154 Å². The van der Waals surface area contributed by atoms with E-state index in [0.717, 1.165) is 36.5 Å². The van der Waals surface area contributed by atoms with Gasteiger partial charge in [-0.25, -0.2) is 0 Å². The molecule has 2 aromatic rings. The maximum Gasteiger partial charge on any atom is 0.255 e. The van der Waals surface area contributed by atoms with Crippen LogP contribution in [-0.2, 0) is 6.61 Å². The zero-order valence-electron chi connectivity index (χ0n) is 14.9. The molecule has 1 heterocycles. The van der Waals surface area contributed by atoms with Crippen LogP contribution in [0.2, 0.25) is 0 Å². The molecular formula is C18H26ClN3O3. The molecule has 138 valence electrons. The molecule has 7 heteroatoms. The van der Waals surface area contributed by atoms with E-state index in [1.54, 1.807) is 12.1 Å². The molecule has 6 nitrogen and oxygen atoms in total. The highest BCUT2D eigenvalue weighted by atomic mass is 35.5. The van der Waals surface area contributed by atoms with Crippen molar-refractivity contribution in [3.63, 3.8) is 0 Å². The van der Waals surface area contributed by atoms with Crippen LogP contribution in [0.3, 0.4) is 0 Å². The summed E-state index contributed by atoms with van der Waals surface area (Å²) >= 11 is 0. The number of ether oxygens (including phenoxy) is 1. The first kappa shape index (κ1) is 21.0. The summed E-state index contributed by atoms with van der Waals surface area (Å²) in [4.78, 5) is 12.3. The van der Waals surface area contributed by atoms with Crippen molar-refractivity contribution in [2.45, 2.75) is 33.8 Å². The lowest BCUT2D eigenvalue weighted by molar-refractivity contribution is 0.0949. The van der Waals surface area contributed by atoms with Crippen LogP contribution in [0.1, 0.15) is 40.7 Å². The second-order valence-electron chi connectivity index (χ2n) is 5.59. The van der Waals surface area contributed by atoms with E-state index in [1.165, 1.54) is 0 Å². The quantitative estimate of drug-likeness (QED) is 0.666. The Balaban J connectivity index is 0.00000312. The molecule has 0 radical (unpaired) electrons. The number of amides is 1. The van der Waals surface area contributed by atoms with E-state index >= 15 is 0 Å².